The molecule has 0 fully saturated rings. The highest BCUT2D eigenvalue weighted by molar-refractivity contribution is 7.15. The van der Waals surface area contributed by atoms with Crippen molar-refractivity contribution >= 4 is 34.3 Å². The van der Waals surface area contributed by atoms with Crippen molar-refractivity contribution in [2.45, 2.75) is 6.54 Å². The molecule has 0 aliphatic heterocycles. The van der Waals surface area contributed by atoms with Crippen molar-refractivity contribution in [3.05, 3.63) is 68.1 Å². The largest absolute Gasteiger partial charge is 0.493 e. The highest BCUT2D eigenvalue weighted by Gasteiger charge is 2.13. The number of hydrogen-bond acceptors (Lipinski definition) is 7. The van der Waals surface area contributed by atoms with Gasteiger partial charge in [0.25, 0.3) is 5.69 Å². The van der Waals surface area contributed by atoms with Crippen LogP contribution in [0.2, 0.25) is 4.47 Å². The number of halogens is 1. The Bertz CT molecular complexity index is 932. The van der Waals surface area contributed by atoms with Gasteiger partial charge in [-0.15, -0.1) is 11.3 Å². The predicted molar refractivity (Wildman–Crippen MR) is 101 cm³/mol. The summed E-state index contributed by atoms with van der Waals surface area (Å²) in [6, 6.07) is 11.6. The molecule has 0 saturated heterocycles. The number of nitro benzene ring substituents is 1. The normalized spacial score (nSPS) is 10.4. The third kappa shape index (κ3) is 4.41. The Morgan fingerprint density at radius 2 is 2.04 bits per heavy atom. The van der Waals surface area contributed by atoms with Gasteiger partial charge in [0.1, 0.15) is 5.75 Å². The van der Waals surface area contributed by atoms with Gasteiger partial charge < -0.3 is 14.8 Å². The summed E-state index contributed by atoms with van der Waals surface area (Å²) in [4.78, 5) is 15.6. The summed E-state index contributed by atoms with van der Waals surface area (Å²) in [5, 5.41) is 14.4. The van der Waals surface area contributed by atoms with Crippen LogP contribution in [0.25, 0.3) is 0 Å². The summed E-state index contributed by atoms with van der Waals surface area (Å²) in [5.41, 5.74) is 0.468. The first kappa shape index (κ1) is 18.0. The molecule has 134 valence electrons. The molecule has 2 aromatic carbocycles. The smallest absolute Gasteiger partial charge is 0.275 e. The first-order valence-corrected chi connectivity index (χ1v) is 8.69. The molecule has 0 aliphatic rings. The molecule has 0 amide bonds. The molecule has 3 aromatic rings. The molecule has 1 heterocycles. The third-order valence-corrected chi connectivity index (χ3v) is 4.51. The minimum Gasteiger partial charge on any atom is -0.493 e. The lowest BCUT2D eigenvalue weighted by atomic mass is 10.2. The van der Waals surface area contributed by atoms with Gasteiger partial charge in [0.2, 0.25) is 0 Å². The predicted octanol–water partition coefficient (Wildman–Crippen LogP) is 5.12. The second-order valence-corrected chi connectivity index (χ2v) is 6.86. The van der Waals surface area contributed by atoms with E-state index < -0.39 is 4.92 Å². The number of hydrogen-bond donors (Lipinski definition) is 1. The Labute approximate surface area is 158 Å². The van der Waals surface area contributed by atoms with Crippen LogP contribution in [0, 0.1) is 10.1 Å². The minimum absolute atomic E-state index is 0.0813. The molecular formula is C17H14ClN3O4S. The number of rotatable bonds is 7. The van der Waals surface area contributed by atoms with Crippen LogP contribution < -0.4 is 14.8 Å². The highest BCUT2D eigenvalue weighted by Crippen LogP contribution is 2.34. The number of nitrogens with zero attached hydrogens (tertiary/aromatic N) is 2. The molecule has 0 unspecified atom stereocenters. The molecule has 1 aromatic heterocycles. The zero-order valence-electron chi connectivity index (χ0n) is 13.6. The number of thiazole rings is 1. The molecule has 1 N–H and O–H groups in total. The zero-order valence-corrected chi connectivity index (χ0v) is 15.2. The maximum absolute atomic E-state index is 11.2. The lowest BCUT2D eigenvalue weighted by Crippen LogP contribution is -1.99. The van der Waals surface area contributed by atoms with E-state index in [0.29, 0.717) is 33.9 Å². The molecule has 0 bridgehead atoms. The molecule has 0 radical (unpaired) electrons. The fraction of sp³-hybridized carbons (Fsp3) is 0.118. The second-order valence-electron chi connectivity index (χ2n) is 5.16. The van der Waals surface area contributed by atoms with Crippen molar-refractivity contribution in [3.63, 3.8) is 0 Å². The summed E-state index contributed by atoms with van der Waals surface area (Å²) >= 11 is 7.15. The van der Waals surface area contributed by atoms with Crippen LogP contribution in [0.1, 0.15) is 4.88 Å². The van der Waals surface area contributed by atoms with Crippen molar-refractivity contribution in [2.75, 3.05) is 12.4 Å². The number of benzene rings is 2. The topological polar surface area (TPSA) is 86.5 Å². The Morgan fingerprint density at radius 3 is 2.69 bits per heavy atom. The molecule has 9 heteroatoms. The SMILES string of the molecule is COc1ccccc1Oc1cc(NCc2cnc(Cl)s2)cc([N+](=O)[O-])c1. The van der Waals surface area contributed by atoms with E-state index in [0.717, 1.165) is 4.88 Å². The Balaban J connectivity index is 1.85. The Hall–Kier alpha value is -2.84. The van der Waals surface area contributed by atoms with Crippen LogP contribution in [-0.4, -0.2) is 17.0 Å². The van der Waals surface area contributed by atoms with Crippen LogP contribution in [-0.2, 0) is 6.54 Å². The van der Waals surface area contributed by atoms with Crippen molar-refractivity contribution < 1.29 is 14.4 Å². The van der Waals surface area contributed by atoms with Crippen LogP contribution in [0.15, 0.2) is 48.7 Å². The van der Waals surface area contributed by atoms with Gasteiger partial charge in [0.15, 0.2) is 16.0 Å². The number of aromatic nitrogens is 1. The number of methoxy groups -OCH3 is 1. The fourth-order valence-electron chi connectivity index (χ4n) is 2.23. The van der Waals surface area contributed by atoms with Gasteiger partial charge in [-0.3, -0.25) is 10.1 Å². The van der Waals surface area contributed by atoms with E-state index >= 15 is 0 Å². The summed E-state index contributed by atoms with van der Waals surface area (Å²) in [7, 11) is 1.53. The van der Waals surface area contributed by atoms with Gasteiger partial charge in [-0.2, -0.15) is 0 Å². The van der Waals surface area contributed by atoms with E-state index in [-0.39, 0.29) is 5.69 Å². The van der Waals surface area contributed by atoms with Gasteiger partial charge in [-0.1, -0.05) is 23.7 Å². The van der Waals surface area contributed by atoms with Gasteiger partial charge in [0, 0.05) is 28.9 Å². The lowest BCUT2D eigenvalue weighted by molar-refractivity contribution is -0.384. The molecular weight excluding hydrogens is 378 g/mol. The summed E-state index contributed by atoms with van der Waals surface area (Å²) < 4.78 is 11.5. The fourth-order valence-corrected chi connectivity index (χ4v) is 3.15. The van der Waals surface area contributed by atoms with E-state index in [9.17, 15) is 10.1 Å². The van der Waals surface area contributed by atoms with E-state index in [4.69, 9.17) is 21.1 Å². The van der Waals surface area contributed by atoms with Crippen molar-refractivity contribution in [3.8, 4) is 17.2 Å². The maximum atomic E-state index is 11.2. The van der Waals surface area contributed by atoms with E-state index in [1.807, 2.05) is 6.07 Å². The van der Waals surface area contributed by atoms with Gasteiger partial charge >= 0.3 is 0 Å². The number of para-hydroxylation sites is 2. The summed E-state index contributed by atoms with van der Waals surface area (Å²) in [6.45, 7) is 0.444. The molecule has 0 atom stereocenters. The van der Waals surface area contributed by atoms with Gasteiger partial charge in [-0.05, 0) is 12.1 Å². The lowest BCUT2D eigenvalue weighted by Gasteiger charge is -2.12. The molecule has 26 heavy (non-hydrogen) atoms. The second kappa shape index (κ2) is 8.03. The van der Waals surface area contributed by atoms with E-state index in [2.05, 4.69) is 10.3 Å². The molecule has 0 saturated carbocycles. The van der Waals surface area contributed by atoms with Crippen molar-refractivity contribution in [2.24, 2.45) is 0 Å². The van der Waals surface area contributed by atoms with Crippen LogP contribution >= 0.6 is 22.9 Å². The number of anilines is 1. The first-order chi connectivity index (χ1) is 12.5. The monoisotopic (exact) mass is 391 g/mol. The minimum atomic E-state index is -0.468. The zero-order chi connectivity index (χ0) is 18.5. The molecule has 0 aliphatic carbocycles. The highest BCUT2D eigenvalue weighted by atomic mass is 35.5. The van der Waals surface area contributed by atoms with Gasteiger partial charge in [-0.25, -0.2) is 4.98 Å². The molecule has 3 rings (SSSR count). The number of nitrogens with one attached hydrogen (secondary N) is 1. The van der Waals surface area contributed by atoms with Crippen molar-refractivity contribution in [1.29, 1.82) is 0 Å². The van der Waals surface area contributed by atoms with Crippen LogP contribution in [0.4, 0.5) is 11.4 Å². The number of non-ortho nitro benzene ring substituents is 1. The first-order valence-electron chi connectivity index (χ1n) is 7.49. The Kier molecular flexibility index (Phi) is 5.55. The summed E-state index contributed by atoms with van der Waals surface area (Å²) in [5.74, 6) is 1.33. The number of ether oxygens (including phenoxy) is 2. The summed E-state index contributed by atoms with van der Waals surface area (Å²) in [6.07, 6.45) is 1.66. The molecule has 0 spiro atoms. The van der Waals surface area contributed by atoms with E-state index in [1.165, 1.54) is 30.6 Å². The quantitative estimate of drug-likeness (QED) is 0.444. The maximum Gasteiger partial charge on any atom is 0.275 e. The average molecular weight is 392 g/mol. The third-order valence-electron chi connectivity index (χ3n) is 3.39. The van der Waals surface area contributed by atoms with Crippen molar-refractivity contribution in [1.82, 2.24) is 4.98 Å². The van der Waals surface area contributed by atoms with Crippen LogP contribution in [0.5, 0.6) is 17.2 Å². The standard InChI is InChI=1S/C17H14ClN3O4S/c1-24-15-4-2-3-5-16(15)25-13-7-11(6-12(8-13)21(22)23)19-9-14-10-20-17(18)26-14/h2-8,10,19H,9H2,1H3. The van der Waals surface area contributed by atoms with Gasteiger partial charge in [0.05, 0.1) is 24.6 Å². The van der Waals surface area contributed by atoms with E-state index in [1.54, 1.807) is 30.5 Å². The average Bonchev–Trinajstić information content (AvgIpc) is 3.05. The molecule has 7 nitrogen and oxygen atoms in total. The van der Waals surface area contributed by atoms with Crippen LogP contribution in [0.3, 0.4) is 0 Å². The Morgan fingerprint density at radius 1 is 1.27 bits per heavy atom. The number of nitro groups is 1.